The lowest BCUT2D eigenvalue weighted by Crippen LogP contribution is -2.67. The third-order valence-electron chi connectivity index (χ3n) is 32.9. The monoisotopic (exact) mass is 1980 g/mol. The number of esters is 2. The lowest BCUT2D eigenvalue weighted by atomic mass is 9.33. The second kappa shape index (κ2) is 42.5. The number of phenolic OH excluding ortho intramolecular Hbond substituents is 1. The molecule has 0 aromatic heterocycles. The van der Waals surface area contributed by atoms with Gasteiger partial charge in [0, 0.05) is 6.08 Å². The second-order valence-corrected chi connectivity index (χ2v) is 42.1. The molecule has 46 nitrogen and oxygen atoms in total. The number of aliphatic hydroxyl groups excluding tert-OH is 23. The van der Waals surface area contributed by atoms with Crippen LogP contribution in [0.25, 0.3) is 6.08 Å². The van der Waals surface area contributed by atoms with Crippen LogP contribution in [-0.4, -0.2) is 451 Å². The summed E-state index contributed by atoms with van der Waals surface area (Å²) >= 11 is 0. The Morgan fingerprint density at radius 3 is 1.57 bits per heavy atom. The molecular weight excluding hydrogens is 1840 g/mol. The van der Waals surface area contributed by atoms with Crippen molar-refractivity contribution in [2.45, 2.75) is 404 Å². The van der Waals surface area contributed by atoms with Crippen molar-refractivity contribution in [2.24, 2.45) is 50.2 Å². The van der Waals surface area contributed by atoms with Gasteiger partial charge >= 0.3 is 11.9 Å². The van der Waals surface area contributed by atoms with Crippen LogP contribution in [0.5, 0.6) is 11.5 Å². The van der Waals surface area contributed by atoms with Gasteiger partial charge in [0.25, 0.3) is 0 Å². The van der Waals surface area contributed by atoms with Gasteiger partial charge in [-0.1, -0.05) is 66.2 Å². The van der Waals surface area contributed by atoms with Crippen molar-refractivity contribution in [1.29, 1.82) is 0 Å². The van der Waals surface area contributed by atoms with Crippen LogP contribution in [0.3, 0.4) is 0 Å². The molecular formula is C92H142O46. The summed E-state index contributed by atoms with van der Waals surface area (Å²) in [4.78, 5) is 28.9. The molecule has 0 bridgehead atoms. The highest BCUT2D eigenvalue weighted by molar-refractivity contribution is 5.87. The second-order valence-electron chi connectivity index (χ2n) is 42.1. The minimum absolute atomic E-state index is 0.0104. The smallest absolute Gasteiger partial charge is 0.331 e. The van der Waals surface area contributed by atoms with Crippen LogP contribution in [0, 0.1) is 50.2 Å². The van der Waals surface area contributed by atoms with Crippen molar-refractivity contribution < 1.29 is 227 Å². The van der Waals surface area contributed by atoms with Gasteiger partial charge in [-0.2, -0.15) is 0 Å². The molecule has 1 aromatic carbocycles. The lowest BCUT2D eigenvalue weighted by Gasteiger charge is -2.71. The Kier molecular flexibility index (Phi) is 33.2. The van der Waals surface area contributed by atoms with Gasteiger partial charge in [0.15, 0.2) is 67.9 Å². The number of ether oxygens (including phenoxy) is 20. The largest absolute Gasteiger partial charge is 0.504 e. The Labute approximate surface area is 795 Å². The predicted octanol–water partition coefficient (Wildman–Crippen LogP) is -6.57. The van der Waals surface area contributed by atoms with Crippen molar-refractivity contribution in [3.8, 4) is 11.5 Å². The molecule has 9 saturated heterocycles. The highest BCUT2D eigenvalue weighted by atomic mass is 16.8. The summed E-state index contributed by atoms with van der Waals surface area (Å²) < 4.78 is 118. The molecule has 0 radical (unpaired) electrons. The summed E-state index contributed by atoms with van der Waals surface area (Å²) in [6, 6.07) is 4.16. The molecule has 786 valence electrons. The van der Waals surface area contributed by atoms with E-state index in [1.54, 1.807) is 0 Å². The van der Waals surface area contributed by atoms with Gasteiger partial charge in [0.05, 0.1) is 76.6 Å². The van der Waals surface area contributed by atoms with E-state index in [-0.39, 0.29) is 51.1 Å². The topological polar surface area (TPSA) is 704 Å². The summed E-state index contributed by atoms with van der Waals surface area (Å²) in [6.07, 6.45) is -65.7. The fraction of sp³-hybridized carbons (Fsp3) is 0.870. The molecule has 46 heteroatoms. The summed E-state index contributed by atoms with van der Waals surface area (Å²) in [5.74, 6) is -2.21. The number of methoxy groups -OCH3 is 1. The fourth-order valence-corrected chi connectivity index (χ4v) is 24.3. The zero-order chi connectivity index (χ0) is 100. The van der Waals surface area contributed by atoms with Crippen LogP contribution >= 0.6 is 0 Å². The maximum absolute atomic E-state index is 15.5. The average Bonchev–Trinajstić information content (AvgIpc) is 0.671. The van der Waals surface area contributed by atoms with Crippen LogP contribution in [0.4, 0.5) is 0 Å². The van der Waals surface area contributed by atoms with Crippen LogP contribution in [0.2, 0.25) is 0 Å². The van der Waals surface area contributed by atoms with Gasteiger partial charge in [0.2, 0.25) is 6.29 Å². The summed E-state index contributed by atoms with van der Waals surface area (Å²) in [5, 5.41) is 268. The van der Waals surface area contributed by atoms with Gasteiger partial charge in [-0.05, 0) is 154 Å². The number of phenols is 1. The number of carbonyl (C=O) groups is 2. The normalized spacial score (nSPS) is 50.8. The molecule has 15 rings (SSSR count). The van der Waals surface area contributed by atoms with Crippen molar-refractivity contribution in [1.82, 2.24) is 0 Å². The van der Waals surface area contributed by atoms with Gasteiger partial charge in [-0.15, -0.1) is 0 Å². The van der Waals surface area contributed by atoms with Gasteiger partial charge in [-0.25, -0.2) is 4.79 Å². The van der Waals surface area contributed by atoms with Crippen molar-refractivity contribution in [2.75, 3.05) is 46.8 Å². The molecule has 0 spiro atoms. The van der Waals surface area contributed by atoms with Gasteiger partial charge in [-0.3, -0.25) is 4.79 Å². The number of carbonyl (C=O) groups excluding carboxylic acids is 2. The highest BCUT2D eigenvalue weighted by Crippen LogP contribution is 2.76. The number of allylic oxidation sites excluding steroid dienone is 2. The minimum Gasteiger partial charge on any atom is -0.504 e. The van der Waals surface area contributed by atoms with Crippen molar-refractivity contribution >= 4 is 18.0 Å². The van der Waals surface area contributed by atoms with E-state index in [9.17, 15) is 127 Å². The molecule has 5 aliphatic carbocycles. The number of benzene rings is 1. The molecule has 1 aromatic rings. The Morgan fingerprint density at radius 2 is 0.935 bits per heavy atom. The Hall–Kier alpha value is -4.36. The maximum Gasteiger partial charge on any atom is 0.331 e. The lowest BCUT2D eigenvalue weighted by molar-refractivity contribution is -0.387. The Bertz CT molecular complexity index is 4300. The van der Waals surface area contributed by atoms with Gasteiger partial charge < -0.3 is 217 Å². The Morgan fingerprint density at radius 1 is 0.435 bits per heavy atom. The molecule has 51 atom stereocenters. The quantitative estimate of drug-likeness (QED) is 0.0177. The average molecular weight is 1980 g/mol. The van der Waals surface area contributed by atoms with Crippen LogP contribution in [-0.2, 0) is 99.6 Å². The molecule has 24 N–H and O–H groups in total. The summed E-state index contributed by atoms with van der Waals surface area (Å²) in [5.41, 5.74) is -1.68. The first-order valence-corrected chi connectivity index (χ1v) is 47.6. The molecule has 4 saturated carbocycles. The van der Waals surface area contributed by atoms with E-state index in [4.69, 9.17) is 94.7 Å². The van der Waals surface area contributed by atoms with E-state index in [0.29, 0.717) is 51.4 Å². The number of hydrogen-bond donors (Lipinski definition) is 24. The molecule has 9 aliphatic heterocycles. The number of rotatable bonds is 26. The summed E-state index contributed by atoms with van der Waals surface area (Å²) in [6.45, 7) is 15.4. The van der Waals surface area contributed by atoms with E-state index in [2.05, 4.69) is 54.5 Å². The van der Waals surface area contributed by atoms with Crippen molar-refractivity contribution in [3.05, 3.63) is 41.5 Å². The third kappa shape index (κ3) is 20.3. The van der Waals surface area contributed by atoms with E-state index in [0.717, 1.165) is 24.5 Å². The minimum atomic E-state index is -2.17. The third-order valence-corrected chi connectivity index (χ3v) is 32.9. The van der Waals surface area contributed by atoms with Crippen LogP contribution in [0.15, 0.2) is 35.9 Å². The van der Waals surface area contributed by atoms with E-state index >= 15 is 4.79 Å². The number of aromatic hydroxyl groups is 1. The van der Waals surface area contributed by atoms with E-state index in [1.807, 2.05) is 0 Å². The molecule has 13 fully saturated rings. The SMILES string of the molecule is COc1ccc(C=CC(=O)OC2C(O)C(COC3OC(C)C(O)C(O)C3O)OC(OC3C(CO)OC(OC4COC(OC5C(O)C(C)OC(OC6C(OC7CCC8(C)C(CCC9(C)C8CC=C8C%10CC(C)(C)CCC%10(C(=O)OC%10OC(COC%11OC(CO)C(OC%12OC(C)C(O)C(O)C%12O)C(O)C%11O)C(O)C(O)C%10O)CCC89C)C7(C)C)OCC(O)C6O)C5O)C(O)C4O)C(O)C3O)C2O)cc1O. The molecule has 51 unspecified atom stereocenters. The predicted molar refractivity (Wildman–Crippen MR) is 457 cm³/mol. The van der Waals surface area contributed by atoms with Crippen molar-refractivity contribution in [3.63, 3.8) is 0 Å². The first-order valence-electron chi connectivity index (χ1n) is 47.6. The summed E-state index contributed by atoms with van der Waals surface area (Å²) in [7, 11) is 1.33. The first-order chi connectivity index (χ1) is 65.0. The van der Waals surface area contributed by atoms with E-state index in [1.165, 1.54) is 52.2 Å². The van der Waals surface area contributed by atoms with Crippen LogP contribution in [0.1, 0.15) is 139 Å². The van der Waals surface area contributed by atoms with E-state index < -0.39 is 338 Å². The number of aliphatic hydroxyl groups is 23. The van der Waals surface area contributed by atoms with Crippen LogP contribution < -0.4 is 4.74 Å². The molecule has 14 aliphatic rings. The van der Waals surface area contributed by atoms with Gasteiger partial charge in [0.1, 0.15) is 183 Å². The Balaban J connectivity index is 0.563. The molecule has 138 heavy (non-hydrogen) atoms. The zero-order valence-corrected chi connectivity index (χ0v) is 78.6. The molecule has 9 heterocycles. The first kappa shape index (κ1) is 108. The number of hydrogen-bond acceptors (Lipinski definition) is 46. The standard InChI is InChI=1S/C92H142O46/c1-34-52(98)59(105)65(111)77(124-34)121-33-47-58(104)75(133-51(97)17-13-37-12-15-42(119-11)40(95)26-37)71(117)84(131-47)135-73-44(29-94)128-81(69(115)63(73)109)129-46-32-123-79(64(110)57(46)103)136-74-54(100)36(3)126-83(70(74)116)137-76-55(101)41(96)30-120-85(76)132-50-19-20-89(8)48(88(50,6)7)18-21-91(10)49(89)16-14-38-39-27-87(4,5)22-24-92(39,25-23-90(38,91)9)86(118)138-82-67(113)61(107)56(102)45(130-82)31-122-78-68(114)62(108)72(43(28-93)127-78)134-80-66(112)60(106)53(99)35(2)125-80/h12-15,17,26,34-36,39,41,43-50,52-85,93-96,98-117H,16,18-25,27-33H2,1-11H3. The fourth-order valence-electron chi connectivity index (χ4n) is 24.3. The maximum atomic E-state index is 15.5. The molecule has 0 amide bonds. The number of fused-ring (bicyclic) bond motifs is 7. The zero-order valence-electron chi connectivity index (χ0n) is 78.6. The highest BCUT2D eigenvalue weighted by Gasteiger charge is 2.71.